The lowest BCUT2D eigenvalue weighted by Crippen LogP contribution is -2.40. The first-order valence-electron chi connectivity index (χ1n) is 11.3. The van der Waals surface area contributed by atoms with Crippen molar-refractivity contribution in [2.45, 2.75) is 33.6 Å². The molecule has 9 heteroatoms. The minimum atomic E-state index is -0.172. The molecule has 33 heavy (non-hydrogen) atoms. The summed E-state index contributed by atoms with van der Waals surface area (Å²) in [5.74, 6) is 1.48. The molecular formula is C24H30N4O3S2. The summed E-state index contributed by atoms with van der Waals surface area (Å²) in [6.07, 6.45) is 5.28. The van der Waals surface area contributed by atoms with Crippen molar-refractivity contribution in [1.82, 2.24) is 14.3 Å². The molecule has 2 saturated heterocycles. The topological polar surface area (TPSA) is 67.2 Å². The third-order valence-electron chi connectivity index (χ3n) is 6.11. The van der Waals surface area contributed by atoms with E-state index in [9.17, 15) is 9.59 Å². The number of piperidine rings is 1. The summed E-state index contributed by atoms with van der Waals surface area (Å²) < 4.78 is 7.18. The Morgan fingerprint density at radius 2 is 2.00 bits per heavy atom. The van der Waals surface area contributed by atoms with E-state index < -0.39 is 0 Å². The number of nitrogens with zero attached hydrogens (tertiary/aromatic N) is 4. The zero-order valence-corrected chi connectivity index (χ0v) is 21.2. The van der Waals surface area contributed by atoms with Gasteiger partial charge in [0.05, 0.1) is 10.5 Å². The molecule has 0 bridgehead atoms. The van der Waals surface area contributed by atoms with Gasteiger partial charge in [-0.05, 0) is 49.3 Å². The zero-order valence-electron chi connectivity index (χ0n) is 19.5. The molecule has 2 aromatic rings. The number of hydrogen-bond donors (Lipinski definition) is 0. The van der Waals surface area contributed by atoms with Gasteiger partial charge in [0.15, 0.2) is 0 Å². The van der Waals surface area contributed by atoms with Crippen molar-refractivity contribution >= 4 is 51.7 Å². The summed E-state index contributed by atoms with van der Waals surface area (Å²) in [6, 6.07) is 3.80. The molecule has 0 N–H and O–H groups in total. The lowest BCUT2D eigenvalue weighted by atomic mass is 9.91. The maximum Gasteiger partial charge on any atom is 0.267 e. The van der Waals surface area contributed by atoms with Crippen LogP contribution < -0.4 is 10.5 Å². The first kappa shape index (κ1) is 23.9. The van der Waals surface area contributed by atoms with Crippen molar-refractivity contribution in [3.8, 4) is 0 Å². The molecule has 0 saturated carbocycles. The number of thiocarbonyl (C=S) groups is 1. The van der Waals surface area contributed by atoms with Gasteiger partial charge < -0.3 is 9.64 Å². The lowest BCUT2D eigenvalue weighted by Gasteiger charge is -2.36. The molecule has 2 aliphatic heterocycles. The summed E-state index contributed by atoms with van der Waals surface area (Å²) in [5.41, 5.74) is 1.85. The molecule has 2 atom stereocenters. The number of fused-ring (bicyclic) bond motifs is 1. The lowest BCUT2D eigenvalue weighted by molar-refractivity contribution is -0.122. The molecule has 4 heterocycles. The Morgan fingerprint density at radius 1 is 1.27 bits per heavy atom. The van der Waals surface area contributed by atoms with E-state index in [1.807, 2.05) is 19.1 Å². The van der Waals surface area contributed by atoms with Crippen molar-refractivity contribution in [2.75, 3.05) is 38.3 Å². The fourth-order valence-corrected chi connectivity index (χ4v) is 5.98. The van der Waals surface area contributed by atoms with Crippen molar-refractivity contribution in [2.24, 2.45) is 11.8 Å². The zero-order chi connectivity index (χ0) is 23.7. The fraction of sp³-hybridized carbons (Fsp3) is 0.500. The van der Waals surface area contributed by atoms with Crippen molar-refractivity contribution in [3.05, 3.63) is 44.7 Å². The van der Waals surface area contributed by atoms with Crippen LogP contribution in [0, 0.1) is 18.8 Å². The Morgan fingerprint density at radius 3 is 2.70 bits per heavy atom. The second kappa shape index (κ2) is 9.95. The van der Waals surface area contributed by atoms with Crippen LogP contribution in [0.4, 0.5) is 5.82 Å². The van der Waals surface area contributed by atoms with Crippen LogP contribution >= 0.6 is 24.0 Å². The molecule has 2 aliphatic rings. The van der Waals surface area contributed by atoms with Crippen LogP contribution in [0.25, 0.3) is 11.7 Å². The van der Waals surface area contributed by atoms with Gasteiger partial charge in [-0.25, -0.2) is 4.98 Å². The highest BCUT2D eigenvalue weighted by Gasteiger charge is 2.33. The molecule has 7 nitrogen and oxygen atoms in total. The normalized spacial score (nSPS) is 22.7. The number of pyridine rings is 1. The summed E-state index contributed by atoms with van der Waals surface area (Å²) in [6.45, 7) is 9.13. The van der Waals surface area contributed by atoms with Crippen molar-refractivity contribution in [3.63, 3.8) is 0 Å². The number of aryl methyl sites for hydroxylation is 1. The fourth-order valence-electron chi connectivity index (χ4n) is 4.69. The van der Waals surface area contributed by atoms with E-state index in [0.717, 1.165) is 25.1 Å². The van der Waals surface area contributed by atoms with Crippen LogP contribution in [-0.4, -0.2) is 57.9 Å². The Labute approximate surface area is 203 Å². The highest BCUT2D eigenvalue weighted by atomic mass is 32.2. The van der Waals surface area contributed by atoms with Gasteiger partial charge >= 0.3 is 0 Å². The highest BCUT2D eigenvalue weighted by Crippen LogP contribution is 2.34. The van der Waals surface area contributed by atoms with Gasteiger partial charge in [0.1, 0.15) is 15.8 Å². The van der Waals surface area contributed by atoms with Gasteiger partial charge in [-0.2, -0.15) is 0 Å². The number of thioether (sulfide) groups is 1. The first-order valence-corrected chi connectivity index (χ1v) is 12.5. The van der Waals surface area contributed by atoms with Crippen LogP contribution in [0.1, 0.15) is 37.8 Å². The summed E-state index contributed by atoms with van der Waals surface area (Å²) in [5, 5.41) is 0. The van der Waals surface area contributed by atoms with E-state index in [4.69, 9.17) is 21.9 Å². The number of anilines is 1. The largest absolute Gasteiger partial charge is 0.385 e. The quantitative estimate of drug-likeness (QED) is 0.350. The van der Waals surface area contributed by atoms with Crippen LogP contribution in [0.3, 0.4) is 0 Å². The average molecular weight is 487 g/mol. The smallest absolute Gasteiger partial charge is 0.267 e. The Kier molecular flexibility index (Phi) is 7.21. The number of hydrogen-bond acceptors (Lipinski definition) is 7. The number of methoxy groups -OCH3 is 1. The Hall–Kier alpha value is -2.23. The van der Waals surface area contributed by atoms with E-state index in [-0.39, 0.29) is 11.5 Å². The van der Waals surface area contributed by atoms with E-state index >= 15 is 0 Å². The first-order chi connectivity index (χ1) is 15.8. The van der Waals surface area contributed by atoms with E-state index in [2.05, 4.69) is 18.7 Å². The maximum atomic E-state index is 13.6. The van der Waals surface area contributed by atoms with E-state index in [1.165, 1.54) is 11.8 Å². The summed E-state index contributed by atoms with van der Waals surface area (Å²) >= 11 is 6.70. The minimum Gasteiger partial charge on any atom is -0.385 e. The van der Waals surface area contributed by atoms with Gasteiger partial charge in [-0.15, -0.1) is 0 Å². The van der Waals surface area contributed by atoms with Gasteiger partial charge in [0, 0.05) is 39.5 Å². The second-order valence-electron chi connectivity index (χ2n) is 9.07. The van der Waals surface area contributed by atoms with Crippen molar-refractivity contribution in [1.29, 1.82) is 0 Å². The summed E-state index contributed by atoms with van der Waals surface area (Å²) in [4.78, 5) is 36.0. The molecule has 0 spiro atoms. The van der Waals surface area contributed by atoms with E-state index in [0.29, 0.717) is 57.7 Å². The number of aromatic nitrogens is 2. The van der Waals surface area contributed by atoms with E-state index in [1.54, 1.807) is 28.7 Å². The van der Waals surface area contributed by atoms with Gasteiger partial charge in [0.25, 0.3) is 11.5 Å². The standard InChI is InChI=1S/C24H30N4O3S2/c1-15-11-16(2)14-26(13-15)21-18(22(29)27-8-5-7-17(3)20(27)25-21)12-19-23(30)28(24(32)33-19)9-6-10-31-4/h5,7-8,12,15-16H,6,9-11,13-14H2,1-4H3/b19-12+/t15-,16-/m1/s1. The SMILES string of the molecule is COCCCN1C(=O)/C(=C\c2c(N3C[C@H](C)C[C@@H](C)C3)nc3c(C)cccn3c2=O)SC1=S. The van der Waals surface area contributed by atoms with Crippen LogP contribution in [-0.2, 0) is 9.53 Å². The van der Waals surface area contributed by atoms with Crippen LogP contribution in [0.15, 0.2) is 28.0 Å². The number of ether oxygens (including phenoxy) is 1. The predicted molar refractivity (Wildman–Crippen MR) is 138 cm³/mol. The number of rotatable bonds is 6. The molecule has 0 radical (unpaired) electrons. The Balaban J connectivity index is 1.81. The minimum absolute atomic E-state index is 0.166. The summed E-state index contributed by atoms with van der Waals surface area (Å²) in [7, 11) is 1.63. The number of amides is 1. The molecule has 1 amide bonds. The monoisotopic (exact) mass is 486 g/mol. The molecule has 2 fully saturated rings. The van der Waals surface area contributed by atoms with Crippen molar-refractivity contribution < 1.29 is 9.53 Å². The third-order valence-corrected chi connectivity index (χ3v) is 7.49. The van der Waals surface area contributed by atoms with Crippen LogP contribution in [0.2, 0.25) is 0 Å². The van der Waals surface area contributed by atoms with Gasteiger partial charge in [0.2, 0.25) is 0 Å². The molecular weight excluding hydrogens is 456 g/mol. The van der Waals surface area contributed by atoms with Gasteiger partial charge in [-0.1, -0.05) is 43.9 Å². The molecule has 4 rings (SSSR count). The molecule has 0 aliphatic carbocycles. The highest BCUT2D eigenvalue weighted by molar-refractivity contribution is 8.26. The molecule has 2 aromatic heterocycles. The molecule has 0 aromatic carbocycles. The average Bonchev–Trinajstić information content (AvgIpc) is 3.03. The maximum absolute atomic E-state index is 13.6. The molecule has 176 valence electrons. The number of carbonyl (C=O) groups is 1. The van der Waals surface area contributed by atoms with Crippen LogP contribution in [0.5, 0.6) is 0 Å². The Bertz CT molecular complexity index is 1170. The predicted octanol–water partition coefficient (Wildman–Crippen LogP) is 3.72. The third kappa shape index (κ3) is 4.85. The second-order valence-corrected chi connectivity index (χ2v) is 10.7. The number of carbonyl (C=O) groups excluding carboxylic acids is 1. The van der Waals surface area contributed by atoms with Gasteiger partial charge in [-0.3, -0.25) is 18.9 Å². The molecule has 0 unspecified atom stereocenters.